The first-order valence-electron chi connectivity index (χ1n) is 5.98. The maximum atomic E-state index is 12.2. The van der Waals surface area contributed by atoms with E-state index in [2.05, 4.69) is 15.7 Å². The molecule has 0 bridgehead atoms. The van der Waals surface area contributed by atoms with Crippen LogP contribution in [0.1, 0.15) is 10.5 Å². The van der Waals surface area contributed by atoms with Gasteiger partial charge in [0.2, 0.25) is 0 Å². The van der Waals surface area contributed by atoms with Gasteiger partial charge in [0, 0.05) is 10.8 Å². The van der Waals surface area contributed by atoms with Crippen LogP contribution >= 0.6 is 11.3 Å². The van der Waals surface area contributed by atoms with Crippen LogP contribution in [0.4, 0.5) is 11.5 Å². The summed E-state index contributed by atoms with van der Waals surface area (Å²) in [7, 11) is 0. The number of carbonyl (C=O) groups is 1. The van der Waals surface area contributed by atoms with Crippen molar-refractivity contribution in [3.8, 4) is 0 Å². The summed E-state index contributed by atoms with van der Waals surface area (Å²) in [4.78, 5) is 16.4. The third-order valence-corrected chi connectivity index (χ3v) is 3.57. The molecule has 1 amide bonds. The second-order valence-electron chi connectivity index (χ2n) is 4.19. The van der Waals surface area contributed by atoms with Crippen molar-refractivity contribution in [2.75, 3.05) is 10.7 Å². The Morgan fingerprint density at radius 2 is 2.10 bits per heavy atom. The van der Waals surface area contributed by atoms with Crippen molar-refractivity contribution < 1.29 is 4.79 Å². The Hall–Kier alpha value is -2.44. The first-order valence-corrected chi connectivity index (χ1v) is 6.92. The van der Waals surface area contributed by atoms with Crippen LogP contribution in [-0.2, 0) is 0 Å². The lowest BCUT2D eigenvalue weighted by atomic mass is 10.1. The summed E-state index contributed by atoms with van der Waals surface area (Å²) in [5.74, 6) is 5.70. The number of rotatable bonds is 3. The number of nitrogen functional groups attached to an aromatic ring is 1. The predicted octanol–water partition coefficient (Wildman–Crippen LogP) is 2.83. The third kappa shape index (κ3) is 2.34. The van der Waals surface area contributed by atoms with E-state index in [9.17, 15) is 4.79 Å². The highest BCUT2D eigenvalue weighted by Gasteiger charge is 2.12. The van der Waals surface area contributed by atoms with Gasteiger partial charge in [0.25, 0.3) is 5.91 Å². The predicted molar refractivity (Wildman–Crippen MR) is 81.8 cm³/mol. The van der Waals surface area contributed by atoms with E-state index in [1.807, 2.05) is 41.1 Å². The number of nitrogens with two attached hydrogens (primary N) is 1. The fourth-order valence-electron chi connectivity index (χ4n) is 1.96. The van der Waals surface area contributed by atoms with Gasteiger partial charge in [0.15, 0.2) is 0 Å². The number of thiophene rings is 1. The number of hydrogen-bond acceptors (Lipinski definition) is 5. The van der Waals surface area contributed by atoms with Gasteiger partial charge in [-0.2, -0.15) is 11.3 Å². The molecule has 0 unspecified atom stereocenters. The molecule has 0 fully saturated rings. The van der Waals surface area contributed by atoms with Gasteiger partial charge in [-0.1, -0.05) is 24.3 Å². The highest BCUT2D eigenvalue weighted by atomic mass is 32.1. The van der Waals surface area contributed by atoms with Gasteiger partial charge in [-0.25, -0.2) is 10.8 Å². The molecule has 0 saturated heterocycles. The molecule has 100 valence electrons. The average molecular weight is 284 g/mol. The van der Waals surface area contributed by atoms with Crippen LogP contribution in [0.15, 0.2) is 47.2 Å². The fraction of sp³-hybridized carbons (Fsp3) is 0. The molecule has 0 aliphatic rings. The van der Waals surface area contributed by atoms with Crippen LogP contribution in [0, 0.1) is 0 Å². The molecule has 1 aromatic carbocycles. The normalized spacial score (nSPS) is 10.4. The quantitative estimate of drug-likeness (QED) is 0.510. The van der Waals surface area contributed by atoms with Gasteiger partial charge >= 0.3 is 0 Å². The molecule has 20 heavy (non-hydrogen) atoms. The van der Waals surface area contributed by atoms with Crippen LogP contribution in [0.25, 0.3) is 10.8 Å². The summed E-state index contributed by atoms with van der Waals surface area (Å²) in [5.41, 5.74) is 3.62. The van der Waals surface area contributed by atoms with E-state index < -0.39 is 0 Å². The number of hydrogen-bond donors (Lipinski definition) is 3. The molecular weight excluding hydrogens is 272 g/mol. The standard InChI is InChI=1S/C14H12N4OS/c15-18-13-11-4-2-1-3-9(11)7-12(17-13)14(19)16-10-5-6-20-8-10/h1-8H,15H2,(H,16,19)(H,17,18). The van der Waals surface area contributed by atoms with Gasteiger partial charge in [-0.3, -0.25) is 4.79 Å². The van der Waals surface area contributed by atoms with E-state index in [0.717, 1.165) is 16.5 Å². The molecule has 5 nitrogen and oxygen atoms in total. The van der Waals surface area contributed by atoms with E-state index in [-0.39, 0.29) is 5.91 Å². The van der Waals surface area contributed by atoms with Crippen molar-refractivity contribution in [1.82, 2.24) is 4.98 Å². The molecule has 2 heterocycles. The molecule has 3 aromatic rings. The van der Waals surface area contributed by atoms with E-state index in [1.54, 1.807) is 6.07 Å². The number of benzene rings is 1. The summed E-state index contributed by atoms with van der Waals surface area (Å²) in [6.07, 6.45) is 0. The maximum absolute atomic E-state index is 12.2. The Balaban J connectivity index is 2.01. The number of aromatic nitrogens is 1. The zero-order chi connectivity index (χ0) is 13.9. The SMILES string of the molecule is NNc1nc(C(=O)Nc2ccsc2)cc2ccccc12. The summed E-state index contributed by atoms with van der Waals surface area (Å²) < 4.78 is 0. The van der Waals surface area contributed by atoms with Crippen LogP contribution in [0.5, 0.6) is 0 Å². The minimum Gasteiger partial charge on any atom is -0.320 e. The van der Waals surface area contributed by atoms with Crippen LogP contribution in [0.2, 0.25) is 0 Å². The molecule has 0 radical (unpaired) electrons. The minimum absolute atomic E-state index is 0.259. The lowest BCUT2D eigenvalue weighted by Crippen LogP contribution is -2.16. The van der Waals surface area contributed by atoms with Crippen molar-refractivity contribution in [3.05, 3.63) is 52.9 Å². The average Bonchev–Trinajstić information content (AvgIpc) is 2.99. The van der Waals surface area contributed by atoms with Crippen LogP contribution in [-0.4, -0.2) is 10.9 Å². The minimum atomic E-state index is -0.259. The van der Waals surface area contributed by atoms with Gasteiger partial charge < -0.3 is 10.7 Å². The van der Waals surface area contributed by atoms with Gasteiger partial charge in [-0.05, 0) is 22.9 Å². The van der Waals surface area contributed by atoms with Crippen molar-refractivity contribution in [1.29, 1.82) is 0 Å². The van der Waals surface area contributed by atoms with Crippen molar-refractivity contribution >= 4 is 39.5 Å². The number of carbonyl (C=O) groups excluding carboxylic acids is 1. The van der Waals surface area contributed by atoms with E-state index in [0.29, 0.717) is 11.5 Å². The number of fused-ring (bicyclic) bond motifs is 1. The van der Waals surface area contributed by atoms with Gasteiger partial charge in [0.1, 0.15) is 11.5 Å². The lowest BCUT2D eigenvalue weighted by Gasteiger charge is -2.08. The zero-order valence-electron chi connectivity index (χ0n) is 10.5. The van der Waals surface area contributed by atoms with Crippen molar-refractivity contribution in [2.24, 2.45) is 5.84 Å². The molecule has 0 saturated carbocycles. The Kier molecular flexibility index (Phi) is 3.32. The number of nitrogens with one attached hydrogen (secondary N) is 2. The third-order valence-electron chi connectivity index (χ3n) is 2.89. The molecule has 0 aliphatic heterocycles. The van der Waals surface area contributed by atoms with Crippen molar-refractivity contribution in [3.63, 3.8) is 0 Å². The Bertz CT molecular complexity index is 755. The Labute approximate surface area is 119 Å². The monoisotopic (exact) mass is 284 g/mol. The smallest absolute Gasteiger partial charge is 0.274 e. The van der Waals surface area contributed by atoms with Gasteiger partial charge in [0.05, 0.1) is 5.69 Å². The Morgan fingerprint density at radius 1 is 1.25 bits per heavy atom. The molecular formula is C14H12N4OS. The summed E-state index contributed by atoms with van der Waals surface area (Å²) >= 11 is 1.52. The fourth-order valence-corrected chi connectivity index (χ4v) is 2.54. The second kappa shape index (κ2) is 5.28. The number of pyridine rings is 1. The largest absolute Gasteiger partial charge is 0.320 e. The van der Waals surface area contributed by atoms with Crippen LogP contribution < -0.4 is 16.6 Å². The number of hydrazine groups is 1. The summed E-state index contributed by atoms with van der Waals surface area (Å²) in [6.45, 7) is 0. The van der Waals surface area contributed by atoms with E-state index in [4.69, 9.17) is 5.84 Å². The molecule has 2 aromatic heterocycles. The second-order valence-corrected chi connectivity index (χ2v) is 4.97. The number of nitrogens with zero attached hydrogens (tertiary/aromatic N) is 1. The lowest BCUT2D eigenvalue weighted by molar-refractivity contribution is 0.102. The molecule has 3 rings (SSSR count). The summed E-state index contributed by atoms with van der Waals surface area (Å²) in [5, 5.41) is 8.34. The first kappa shape index (κ1) is 12.6. The summed E-state index contributed by atoms with van der Waals surface area (Å²) in [6, 6.07) is 11.2. The van der Waals surface area contributed by atoms with Crippen molar-refractivity contribution in [2.45, 2.75) is 0 Å². The highest BCUT2D eigenvalue weighted by molar-refractivity contribution is 7.08. The topological polar surface area (TPSA) is 80.0 Å². The highest BCUT2D eigenvalue weighted by Crippen LogP contribution is 2.22. The van der Waals surface area contributed by atoms with Crippen LogP contribution in [0.3, 0.4) is 0 Å². The maximum Gasteiger partial charge on any atom is 0.274 e. The van der Waals surface area contributed by atoms with Gasteiger partial charge in [-0.15, -0.1) is 0 Å². The molecule has 0 atom stereocenters. The number of anilines is 2. The zero-order valence-corrected chi connectivity index (χ0v) is 11.3. The molecule has 4 N–H and O–H groups in total. The first-order chi connectivity index (χ1) is 9.78. The number of amides is 1. The van der Waals surface area contributed by atoms with E-state index >= 15 is 0 Å². The molecule has 6 heteroatoms. The molecule has 0 aliphatic carbocycles. The Morgan fingerprint density at radius 3 is 2.85 bits per heavy atom. The van der Waals surface area contributed by atoms with E-state index in [1.165, 1.54) is 11.3 Å². The molecule has 0 spiro atoms.